The van der Waals surface area contributed by atoms with Gasteiger partial charge in [-0.3, -0.25) is 4.79 Å². The minimum absolute atomic E-state index is 0.154. The molecule has 20 heavy (non-hydrogen) atoms. The summed E-state index contributed by atoms with van der Waals surface area (Å²) < 4.78 is 41.0. The van der Waals surface area contributed by atoms with Crippen molar-refractivity contribution in [2.75, 3.05) is 13.2 Å². The van der Waals surface area contributed by atoms with E-state index in [4.69, 9.17) is 27.0 Å². The van der Waals surface area contributed by atoms with Gasteiger partial charge in [0.2, 0.25) is 0 Å². The molecular formula is C11H10Cl2FNO4S. The lowest BCUT2D eigenvalue weighted by Gasteiger charge is -2.12. The molecule has 1 fully saturated rings. The van der Waals surface area contributed by atoms with Crippen molar-refractivity contribution in [2.24, 2.45) is 0 Å². The number of carbonyl (C=O) groups is 1. The van der Waals surface area contributed by atoms with E-state index in [1.165, 1.54) is 0 Å². The lowest BCUT2D eigenvalue weighted by atomic mass is 10.2. The number of hydrogen-bond acceptors (Lipinski definition) is 4. The third-order valence-corrected chi connectivity index (χ3v) is 4.44. The summed E-state index contributed by atoms with van der Waals surface area (Å²) in [6, 6.07) is 1.39. The number of carbonyl (C=O) groups excluding carboxylic acids is 1. The van der Waals surface area contributed by atoms with Gasteiger partial charge in [-0.05, 0) is 18.6 Å². The minimum Gasteiger partial charge on any atom is -0.379 e. The van der Waals surface area contributed by atoms with E-state index >= 15 is 0 Å². The van der Waals surface area contributed by atoms with Gasteiger partial charge in [0.1, 0.15) is 10.7 Å². The lowest BCUT2D eigenvalue weighted by Crippen LogP contribution is -2.35. The molecule has 1 aliphatic rings. The van der Waals surface area contributed by atoms with Gasteiger partial charge in [0.05, 0.1) is 23.2 Å². The van der Waals surface area contributed by atoms with Crippen molar-refractivity contribution in [3.8, 4) is 0 Å². The molecule has 1 aromatic rings. The van der Waals surface area contributed by atoms with E-state index in [2.05, 4.69) is 5.32 Å². The van der Waals surface area contributed by atoms with Crippen molar-refractivity contribution in [3.05, 3.63) is 28.5 Å². The van der Waals surface area contributed by atoms with Gasteiger partial charge in [0.25, 0.3) is 15.0 Å². The molecule has 0 bridgehead atoms. The number of rotatable bonds is 3. The maximum Gasteiger partial charge on any atom is 0.264 e. The Morgan fingerprint density at radius 1 is 1.45 bits per heavy atom. The molecule has 5 nitrogen and oxygen atoms in total. The Bertz CT molecular complexity index is 644. The number of ether oxygens (including phenoxy) is 1. The zero-order chi connectivity index (χ0) is 14.9. The van der Waals surface area contributed by atoms with Gasteiger partial charge in [-0.15, -0.1) is 0 Å². The molecule has 1 saturated heterocycles. The van der Waals surface area contributed by atoms with Crippen LogP contribution in [0, 0.1) is 5.82 Å². The highest BCUT2D eigenvalue weighted by molar-refractivity contribution is 8.13. The van der Waals surface area contributed by atoms with Gasteiger partial charge in [-0.25, -0.2) is 12.8 Å². The quantitative estimate of drug-likeness (QED) is 0.852. The molecule has 2 rings (SSSR count). The van der Waals surface area contributed by atoms with Gasteiger partial charge in [0.15, 0.2) is 0 Å². The van der Waals surface area contributed by atoms with Crippen LogP contribution in [0.4, 0.5) is 4.39 Å². The topological polar surface area (TPSA) is 72.5 Å². The Morgan fingerprint density at radius 2 is 2.15 bits per heavy atom. The number of benzene rings is 1. The van der Waals surface area contributed by atoms with E-state index in [0.29, 0.717) is 19.6 Å². The van der Waals surface area contributed by atoms with Crippen LogP contribution in [0.2, 0.25) is 5.02 Å². The largest absolute Gasteiger partial charge is 0.379 e. The number of amides is 1. The zero-order valence-electron chi connectivity index (χ0n) is 10.0. The van der Waals surface area contributed by atoms with Crippen LogP contribution >= 0.6 is 22.3 Å². The van der Waals surface area contributed by atoms with Crippen molar-refractivity contribution < 1.29 is 22.3 Å². The fourth-order valence-corrected chi connectivity index (χ4v) is 2.94. The van der Waals surface area contributed by atoms with E-state index in [1.807, 2.05) is 0 Å². The standard InChI is InChI=1S/C11H10Cl2FNO4S/c12-8-4-9(14)10(20(13,17)18)3-7(8)11(16)15-6-1-2-19-5-6/h3-4,6H,1-2,5H2,(H,15,16). The summed E-state index contributed by atoms with van der Waals surface area (Å²) >= 11 is 5.76. The van der Waals surface area contributed by atoms with Gasteiger partial charge in [0, 0.05) is 17.3 Å². The van der Waals surface area contributed by atoms with Crippen LogP contribution in [-0.4, -0.2) is 33.6 Å². The molecule has 0 saturated carbocycles. The third kappa shape index (κ3) is 3.41. The molecule has 0 radical (unpaired) electrons. The summed E-state index contributed by atoms with van der Waals surface area (Å²) in [6.07, 6.45) is 0.644. The Labute approximate surface area is 124 Å². The summed E-state index contributed by atoms with van der Waals surface area (Å²) in [5.74, 6) is -1.71. The molecule has 0 aromatic heterocycles. The predicted octanol–water partition coefficient (Wildman–Crippen LogP) is 1.93. The fraction of sp³-hybridized carbons (Fsp3) is 0.364. The average molecular weight is 342 g/mol. The maximum atomic E-state index is 13.5. The summed E-state index contributed by atoms with van der Waals surface area (Å²) in [6.45, 7) is 0.897. The van der Waals surface area contributed by atoms with Crippen LogP contribution in [0.25, 0.3) is 0 Å². The fourth-order valence-electron chi connectivity index (χ4n) is 1.80. The molecule has 1 unspecified atom stereocenters. The summed E-state index contributed by atoms with van der Waals surface area (Å²) in [5, 5.41) is 2.43. The van der Waals surface area contributed by atoms with Crippen molar-refractivity contribution in [2.45, 2.75) is 17.4 Å². The van der Waals surface area contributed by atoms with Gasteiger partial charge in [-0.2, -0.15) is 0 Å². The SMILES string of the molecule is O=C(NC1CCOC1)c1cc(S(=O)(=O)Cl)c(F)cc1Cl. The van der Waals surface area contributed by atoms with Crippen LogP contribution in [0.15, 0.2) is 17.0 Å². The minimum atomic E-state index is -4.30. The Kier molecular flexibility index (Phi) is 4.53. The second-order valence-corrected chi connectivity index (χ2v) is 7.18. The van der Waals surface area contributed by atoms with Crippen molar-refractivity contribution >= 4 is 37.2 Å². The third-order valence-electron chi connectivity index (χ3n) is 2.79. The lowest BCUT2D eigenvalue weighted by molar-refractivity contribution is 0.0930. The van der Waals surface area contributed by atoms with Crippen molar-refractivity contribution in [3.63, 3.8) is 0 Å². The molecule has 1 heterocycles. The average Bonchev–Trinajstić information content (AvgIpc) is 2.79. The molecule has 1 aromatic carbocycles. The van der Waals surface area contributed by atoms with Crippen LogP contribution in [0.5, 0.6) is 0 Å². The monoisotopic (exact) mass is 341 g/mol. The molecule has 1 N–H and O–H groups in total. The van der Waals surface area contributed by atoms with Crippen molar-refractivity contribution in [1.29, 1.82) is 0 Å². The van der Waals surface area contributed by atoms with E-state index in [9.17, 15) is 17.6 Å². The highest BCUT2D eigenvalue weighted by Gasteiger charge is 2.24. The van der Waals surface area contributed by atoms with Gasteiger partial charge in [-0.1, -0.05) is 11.6 Å². The summed E-state index contributed by atoms with van der Waals surface area (Å²) in [7, 11) is 0.801. The van der Waals surface area contributed by atoms with Gasteiger partial charge >= 0.3 is 0 Å². The molecule has 110 valence electrons. The first-order chi connectivity index (χ1) is 9.29. The summed E-state index contributed by atoms with van der Waals surface area (Å²) in [5.41, 5.74) is -0.154. The Hall–Kier alpha value is -0.890. The Morgan fingerprint density at radius 3 is 2.70 bits per heavy atom. The van der Waals surface area contributed by atoms with Crippen LogP contribution in [-0.2, 0) is 13.8 Å². The van der Waals surface area contributed by atoms with Crippen molar-refractivity contribution in [1.82, 2.24) is 5.32 Å². The van der Waals surface area contributed by atoms with Crippen LogP contribution in [0.3, 0.4) is 0 Å². The molecule has 9 heteroatoms. The van der Waals surface area contributed by atoms with E-state index < -0.39 is 25.7 Å². The molecule has 0 aliphatic carbocycles. The first-order valence-electron chi connectivity index (χ1n) is 5.61. The first kappa shape index (κ1) is 15.5. The smallest absolute Gasteiger partial charge is 0.264 e. The van der Waals surface area contributed by atoms with Crippen LogP contribution in [0.1, 0.15) is 16.8 Å². The zero-order valence-corrected chi connectivity index (χ0v) is 12.4. The predicted molar refractivity (Wildman–Crippen MR) is 71.1 cm³/mol. The highest BCUT2D eigenvalue weighted by Crippen LogP contribution is 2.26. The molecule has 1 aliphatic heterocycles. The maximum absolute atomic E-state index is 13.5. The molecular weight excluding hydrogens is 332 g/mol. The van der Waals surface area contributed by atoms with Crippen LogP contribution < -0.4 is 5.32 Å². The highest BCUT2D eigenvalue weighted by atomic mass is 35.7. The number of hydrogen-bond donors (Lipinski definition) is 1. The molecule has 0 spiro atoms. The number of halogens is 3. The number of nitrogens with one attached hydrogen (secondary N) is 1. The van der Waals surface area contributed by atoms with Gasteiger partial charge < -0.3 is 10.1 Å². The first-order valence-corrected chi connectivity index (χ1v) is 8.30. The second-order valence-electron chi connectivity index (χ2n) is 4.23. The normalized spacial score (nSPS) is 19.1. The second kappa shape index (κ2) is 5.85. The van der Waals surface area contributed by atoms with E-state index in [1.54, 1.807) is 0 Å². The molecule has 1 atom stereocenters. The Balaban J connectivity index is 2.33. The summed E-state index contributed by atoms with van der Waals surface area (Å²) in [4.78, 5) is 11.2. The van der Waals surface area contributed by atoms with E-state index in [0.717, 1.165) is 12.1 Å². The van der Waals surface area contributed by atoms with E-state index in [-0.39, 0.29) is 16.6 Å². The molecule has 1 amide bonds.